The first-order valence-electron chi connectivity index (χ1n) is 6.85. The van der Waals surface area contributed by atoms with Crippen LogP contribution in [0.15, 0.2) is 42.6 Å². The van der Waals surface area contributed by atoms with E-state index < -0.39 is 5.97 Å². The number of nitrogens with two attached hydrogens (primary N) is 1. The Kier molecular flexibility index (Phi) is 3.42. The summed E-state index contributed by atoms with van der Waals surface area (Å²) in [6.07, 6.45) is 1.61. The Hall–Kier alpha value is -3.02. The predicted octanol–water partition coefficient (Wildman–Crippen LogP) is 2.68. The summed E-state index contributed by atoms with van der Waals surface area (Å²) in [6, 6.07) is 10.5. The van der Waals surface area contributed by atoms with Crippen LogP contribution in [0, 0.1) is 0 Å². The van der Waals surface area contributed by atoms with Crippen LogP contribution in [0.25, 0.3) is 16.9 Å². The van der Waals surface area contributed by atoms with E-state index in [2.05, 4.69) is 4.98 Å². The first-order chi connectivity index (χ1) is 10.6. The fraction of sp³-hybridized carbons (Fsp3) is 0.125. The molecule has 6 nitrogen and oxygen atoms in total. The molecule has 0 spiro atoms. The normalized spacial score (nSPS) is 10.8. The van der Waals surface area contributed by atoms with Crippen LogP contribution >= 0.6 is 0 Å². The maximum atomic E-state index is 11.1. The summed E-state index contributed by atoms with van der Waals surface area (Å²) in [5.74, 6) is 0.137. The van der Waals surface area contributed by atoms with Gasteiger partial charge >= 0.3 is 5.97 Å². The van der Waals surface area contributed by atoms with E-state index in [-0.39, 0.29) is 5.56 Å². The maximum Gasteiger partial charge on any atom is 0.335 e. The van der Waals surface area contributed by atoms with E-state index in [0.717, 1.165) is 5.56 Å². The summed E-state index contributed by atoms with van der Waals surface area (Å²) in [6.45, 7) is 2.44. The Morgan fingerprint density at radius 2 is 2.14 bits per heavy atom. The molecule has 112 valence electrons. The fourth-order valence-electron chi connectivity index (χ4n) is 2.34. The lowest BCUT2D eigenvalue weighted by Crippen LogP contribution is -1.99. The van der Waals surface area contributed by atoms with Gasteiger partial charge in [-0.25, -0.2) is 9.78 Å². The molecule has 0 saturated heterocycles. The summed E-state index contributed by atoms with van der Waals surface area (Å²) in [5, 5.41) is 9.06. The lowest BCUT2D eigenvalue weighted by atomic mass is 10.1. The van der Waals surface area contributed by atoms with Gasteiger partial charge in [0.1, 0.15) is 22.9 Å². The zero-order valence-corrected chi connectivity index (χ0v) is 12.0. The van der Waals surface area contributed by atoms with E-state index in [4.69, 9.17) is 15.6 Å². The highest BCUT2D eigenvalue weighted by atomic mass is 16.5. The number of para-hydroxylation sites is 1. The van der Waals surface area contributed by atoms with Gasteiger partial charge in [-0.15, -0.1) is 0 Å². The van der Waals surface area contributed by atoms with E-state index >= 15 is 0 Å². The number of carboxylic acids is 1. The number of aromatic nitrogens is 2. The Labute approximate surface area is 126 Å². The number of hydrogen-bond donors (Lipinski definition) is 2. The van der Waals surface area contributed by atoms with Crippen LogP contribution < -0.4 is 10.5 Å². The first-order valence-corrected chi connectivity index (χ1v) is 6.85. The summed E-state index contributed by atoms with van der Waals surface area (Å²) in [7, 11) is 0. The average molecular weight is 297 g/mol. The third-order valence-electron chi connectivity index (χ3n) is 3.35. The number of rotatable bonds is 4. The van der Waals surface area contributed by atoms with Crippen molar-refractivity contribution in [1.29, 1.82) is 0 Å². The molecule has 0 aliphatic rings. The van der Waals surface area contributed by atoms with Crippen molar-refractivity contribution in [2.45, 2.75) is 6.92 Å². The number of hydrogen-bond acceptors (Lipinski definition) is 4. The summed E-state index contributed by atoms with van der Waals surface area (Å²) >= 11 is 0. The average Bonchev–Trinajstić information content (AvgIpc) is 2.84. The highest BCUT2D eigenvalue weighted by Crippen LogP contribution is 2.33. The molecule has 0 saturated carbocycles. The predicted molar refractivity (Wildman–Crippen MR) is 83.2 cm³/mol. The van der Waals surface area contributed by atoms with Gasteiger partial charge in [0.15, 0.2) is 0 Å². The molecule has 0 aliphatic carbocycles. The van der Waals surface area contributed by atoms with Crippen LogP contribution in [0.3, 0.4) is 0 Å². The fourth-order valence-corrected chi connectivity index (χ4v) is 2.34. The van der Waals surface area contributed by atoms with Crippen LogP contribution in [-0.2, 0) is 0 Å². The van der Waals surface area contributed by atoms with Gasteiger partial charge in [0.05, 0.1) is 12.2 Å². The molecule has 0 radical (unpaired) electrons. The molecule has 3 rings (SSSR count). The van der Waals surface area contributed by atoms with Crippen molar-refractivity contribution in [2.75, 3.05) is 12.3 Å². The molecular formula is C16H15N3O3. The monoisotopic (exact) mass is 297 g/mol. The third kappa shape index (κ3) is 2.24. The van der Waals surface area contributed by atoms with Gasteiger partial charge in [0.25, 0.3) is 0 Å². The van der Waals surface area contributed by atoms with Crippen LogP contribution in [0.5, 0.6) is 5.75 Å². The molecule has 2 aromatic heterocycles. The number of nitrogens with zero attached hydrogens (tertiary/aromatic N) is 2. The van der Waals surface area contributed by atoms with Crippen LogP contribution in [0.2, 0.25) is 0 Å². The van der Waals surface area contributed by atoms with Gasteiger partial charge < -0.3 is 15.6 Å². The number of benzene rings is 1. The minimum atomic E-state index is -1.000. The van der Waals surface area contributed by atoms with E-state index in [1.54, 1.807) is 10.6 Å². The Morgan fingerprint density at radius 3 is 2.86 bits per heavy atom. The van der Waals surface area contributed by atoms with Gasteiger partial charge in [-0.3, -0.25) is 4.40 Å². The topological polar surface area (TPSA) is 89.8 Å². The highest BCUT2D eigenvalue weighted by molar-refractivity contribution is 5.89. The quantitative estimate of drug-likeness (QED) is 0.772. The van der Waals surface area contributed by atoms with Crippen LogP contribution in [0.1, 0.15) is 17.3 Å². The molecule has 0 amide bonds. The Balaban J connectivity index is 2.19. The number of carboxylic acid groups (broad SMARTS) is 1. The number of nitrogen functional groups attached to an aromatic ring is 1. The van der Waals surface area contributed by atoms with Crippen molar-refractivity contribution in [1.82, 2.24) is 9.38 Å². The van der Waals surface area contributed by atoms with Crippen molar-refractivity contribution < 1.29 is 14.6 Å². The minimum Gasteiger partial charge on any atom is -0.493 e. The van der Waals surface area contributed by atoms with Crippen LogP contribution in [-0.4, -0.2) is 27.1 Å². The number of carbonyl (C=O) groups is 1. The van der Waals surface area contributed by atoms with E-state index in [1.165, 1.54) is 12.1 Å². The molecule has 2 heterocycles. The SMILES string of the molecule is CCOc1ccccc1-c1nc2cc(C(=O)O)ccn2c1N. The number of ether oxygens (including phenoxy) is 1. The molecular weight excluding hydrogens is 282 g/mol. The van der Waals surface area contributed by atoms with Crippen molar-refractivity contribution in [2.24, 2.45) is 0 Å². The van der Waals surface area contributed by atoms with E-state index in [9.17, 15) is 4.79 Å². The van der Waals surface area contributed by atoms with Gasteiger partial charge in [-0.2, -0.15) is 0 Å². The van der Waals surface area contributed by atoms with Crippen molar-refractivity contribution in [3.8, 4) is 17.0 Å². The zero-order chi connectivity index (χ0) is 15.7. The lowest BCUT2D eigenvalue weighted by molar-refractivity contribution is 0.0697. The molecule has 6 heteroatoms. The van der Waals surface area contributed by atoms with Gasteiger partial charge in [-0.1, -0.05) is 12.1 Å². The number of anilines is 1. The largest absolute Gasteiger partial charge is 0.493 e. The molecule has 3 aromatic rings. The summed E-state index contributed by atoms with van der Waals surface area (Å²) < 4.78 is 7.26. The van der Waals surface area contributed by atoms with Gasteiger partial charge in [0.2, 0.25) is 0 Å². The molecule has 22 heavy (non-hydrogen) atoms. The molecule has 1 aromatic carbocycles. The smallest absolute Gasteiger partial charge is 0.335 e. The Morgan fingerprint density at radius 1 is 1.36 bits per heavy atom. The number of aromatic carboxylic acids is 1. The Bertz CT molecular complexity index is 855. The third-order valence-corrected chi connectivity index (χ3v) is 3.35. The molecule has 0 unspecified atom stereocenters. The summed E-state index contributed by atoms with van der Waals surface area (Å²) in [4.78, 5) is 15.5. The minimum absolute atomic E-state index is 0.169. The lowest BCUT2D eigenvalue weighted by Gasteiger charge is -2.08. The molecule has 0 aliphatic heterocycles. The van der Waals surface area contributed by atoms with E-state index in [0.29, 0.717) is 29.5 Å². The molecule has 0 fully saturated rings. The van der Waals surface area contributed by atoms with E-state index in [1.807, 2.05) is 31.2 Å². The summed E-state index contributed by atoms with van der Waals surface area (Å²) in [5.41, 5.74) is 8.17. The maximum absolute atomic E-state index is 11.1. The standard InChI is InChI=1S/C16H15N3O3/c1-2-22-12-6-4-3-5-11(12)14-15(17)19-8-7-10(16(20)21)9-13(19)18-14/h3-9H,2,17H2,1H3,(H,20,21). The van der Waals surface area contributed by atoms with Gasteiger partial charge in [0, 0.05) is 11.8 Å². The molecule has 0 bridgehead atoms. The molecule has 0 atom stereocenters. The second kappa shape index (κ2) is 5.40. The molecule has 3 N–H and O–H groups in total. The second-order valence-electron chi connectivity index (χ2n) is 4.72. The number of pyridine rings is 1. The van der Waals surface area contributed by atoms with Crippen molar-refractivity contribution in [3.05, 3.63) is 48.2 Å². The van der Waals surface area contributed by atoms with Gasteiger partial charge in [-0.05, 0) is 31.2 Å². The zero-order valence-electron chi connectivity index (χ0n) is 12.0. The number of imidazole rings is 1. The second-order valence-corrected chi connectivity index (χ2v) is 4.72. The number of fused-ring (bicyclic) bond motifs is 1. The van der Waals surface area contributed by atoms with Crippen molar-refractivity contribution in [3.63, 3.8) is 0 Å². The highest BCUT2D eigenvalue weighted by Gasteiger charge is 2.16. The van der Waals surface area contributed by atoms with Crippen molar-refractivity contribution >= 4 is 17.4 Å². The first kappa shape index (κ1) is 13.9. The van der Waals surface area contributed by atoms with Crippen LogP contribution in [0.4, 0.5) is 5.82 Å².